The maximum atomic E-state index is 11.2. The van der Waals surface area contributed by atoms with Gasteiger partial charge in [-0.1, -0.05) is 30.3 Å². The van der Waals surface area contributed by atoms with Gasteiger partial charge in [0.1, 0.15) is 5.75 Å². The summed E-state index contributed by atoms with van der Waals surface area (Å²) in [6, 6.07) is 4.99. The highest BCUT2D eigenvalue weighted by molar-refractivity contribution is 6.33. The molecule has 0 spiro atoms. The standard InChI is InChI=1S/C13H13ClO4/c1-8(13(16)17-3)7-10-5-4-6-11(12(10)14)18-9(2)15/h4-6H,1,7H2,2-3H3. The number of methoxy groups -OCH3 is 1. The molecule has 0 fully saturated rings. The van der Waals surface area contributed by atoms with Gasteiger partial charge < -0.3 is 9.47 Å². The molecule has 4 nitrogen and oxygen atoms in total. The highest BCUT2D eigenvalue weighted by Gasteiger charge is 2.13. The molecule has 96 valence electrons. The molecule has 5 heteroatoms. The Labute approximate surface area is 110 Å². The number of benzene rings is 1. The van der Waals surface area contributed by atoms with E-state index in [1.54, 1.807) is 18.2 Å². The van der Waals surface area contributed by atoms with Crippen molar-refractivity contribution in [1.29, 1.82) is 0 Å². The van der Waals surface area contributed by atoms with Gasteiger partial charge >= 0.3 is 11.9 Å². The minimum Gasteiger partial charge on any atom is -0.466 e. The molecule has 1 aromatic rings. The van der Waals surface area contributed by atoms with E-state index in [2.05, 4.69) is 11.3 Å². The van der Waals surface area contributed by atoms with Crippen LogP contribution < -0.4 is 4.74 Å². The molecule has 1 rings (SSSR count). The Bertz CT molecular complexity index is 494. The molecule has 0 aromatic heterocycles. The Balaban J connectivity index is 2.93. The fourth-order valence-corrected chi connectivity index (χ4v) is 1.60. The van der Waals surface area contributed by atoms with Crippen molar-refractivity contribution in [2.45, 2.75) is 13.3 Å². The van der Waals surface area contributed by atoms with Gasteiger partial charge in [-0.3, -0.25) is 4.79 Å². The van der Waals surface area contributed by atoms with Crippen LogP contribution in [0.25, 0.3) is 0 Å². The first-order valence-electron chi connectivity index (χ1n) is 5.17. The van der Waals surface area contributed by atoms with E-state index in [1.807, 2.05) is 0 Å². The van der Waals surface area contributed by atoms with Crippen LogP contribution in [0.15, 0.2) is 30.4 Å². The molecule has 0 unspecified atom stereocenters. The number of carbonyl (C=O) groups excluding carboxylic acids is 2. The third-order valence-electron chi connectivity index (χ3n) is 2.17. The maximum absolute atomic E-state index is 11.2. The van der Waals surface area contributed by atoms with E-state index in [-0.39, 0.29) is 22.8 Å². The van der Waals surface area contributed by atoms with Crippen LogP contribution in [-0.4, -0.2) is 19.0 Å². The van der Waals surface area contributed by atoms with E-state index >= 15 is 0 Å². The van der Waals surface area contributed by atoms with Gasteiger partial charge in [0.2, 0.25) is 0 Å². The highest BCUT2D eigenvalue weighted by atomic mass is 35.5. The van der Waals surface area contributed by atoms with Crippen LogP contribution in [-0.2, 0) is 20.7 Å². The summed E-state index contributed by atoms with van der Waals surface area (Å²) < 4.78 is 9.49. The lowest BCUT2D eigenvalue weighted by Gasteiger charge is -2.09. The van der Waals surface area contributed by atoms with Crippen molar-refractivity contribution in [3.05, 3.63) is 40.9 Å². The van der Waals surface area contributed by atoms with Crippen molar-refractivity contribution in [2.75, 3.05) is 7.11 Å². The second kappa shape index (κ2) is 6.21. The van der Waals surface area contributed by atoms with E-state index < -0.39 is 11.9 Å². The maximum Gasteiger partial charge on any atom is 0.333 e. The SMILES string of the molecule is C=C(Cc1cccc(OC(C)=O)c1Cl)C(=O)OC. The predicted molar refractivity (Wildman–Crippen MR) is 67.6 cm³/mol. The molecule has 0 radical (unpaired) electrons. The molecule has 0 amide bonds. The molecule has 0 bridgehead atoms. The fraction of sp³-hybridized carbons (Fsp3) is 0.231. The van der Waals surface area contributed by atoms with Gasteiger partial charge in [-0.15, -0.1) is 0 Å². The summed E-state index contributed by atoms with van der Waals surface area (Å²) in [5, 5.41) is 0.290. The number of hydrogen-bond acceptors (Lipinski definition) is 4. The molecule has 0 atom stereocenters. The van der Waals surface area contributed by atoms with Crippen LogP contribution in [0.5, 0.6) is 5.75 Å². The van der Waals surface area contributed by atoms with Gasteiger partial charge in [0, 0.05) is 18.9 Å². The lowest BCUT2D eigenvalue weighted by atomic mass is 10.1. The van der Waals surface area contributed by atoms with Crippen molar-refractivity contribution < 1.29 is 19.1 Å². The Morgan fingerprint density at radius 3 is 2.61 bits per heavy atom. The smallest absolute Gasteiger partial charge is 0.333 e. The predicted octanol–water partition coefficient (Wildman–Crippen LogP) is 2.54. The Hall–Kier alpha value is -1.81. The van der Waals surface area contributed by atoms with Gasteiger partial charge in [0.15, 0.2) is 0 Å². The van der Waals surface area contributed by atoms with Crippen LogP contribution in [0.1, 0.15) is 12.5 Å². The number of ether oxygens (including phenoxy) is 2. The molecular formula is C13H13ClO4. The van der Waals surface area contributed by atoms with Crippen molar-refractivity contribution in [3.8, 4) is 5.75 Å². The van der Waals surface area contributed by atoms with Gasteiger partial charge in [0.25, 0.3) is 0 Å². The summed E-state index contributed by atoms with van der Waals surface area (Å²) in [6.45, 7) is 4.90. The summed E-state index contributed by atoms with van der Waals surface area (Å²) in [5.41, 5.74) is 0.921. The van der Waals surface area contributed by atoms with Crippen LogP contribution in [0.2, 0.25) is 5.02 Å². The molecule has 0 aliphatic heterocycles. The number of rotatable bonds is 4. The van der Waals surface area contributed by atoms with E-state index in [1.165, 1.54) is 14.0 Å². The number of carbonyl (C=O) groups is 2. The average Bonchev–Trinajstić information content (AvgIpc) is 2.32. The Morgan fingerprint density at radius 2 is 2.06 bits per heavy atom. The fourth-order valence-electron chi connectivity index (χ4n) is 1.37. The lowest BCUT2D eigenvalue weighted by molar-refractivity contribution is -0.136. The third-order valence-corrected chi connectivity index (χ3v) is 2.60. The van der Waals surface area contributed by atoms with Crippen molar-refractivity contribution in [3.63, 3.8) is 0 Å². The van der Waals surface area contributed by atoms with Crippen LogP contribution >= 0.6 is 11.6 Å². The summed E-state index contributed by atoms with van der Waals surface area (Å²) in [5.74, 6) is -0.691. The zero-order valence-corrected chi connectivity index (χ0v) is 10.9. The van der Waals surface area contributed by atoms with Gasteiger partial charge in [-0.2, -0.15) is 0 Å². The molecule has 0 heterocycles. The number of esters is 2. The quantitative estimate of drug-likeness (QED) is 0.478. The van der Waals surface area contributed by atoms with E-state index in [0.29, 0.717) is 5.56 Å². The largest absolute Gasteiger partial charge is 0.466 e. The summed E-state index contributed by atoms with van der Waals surface area (Å²) in [4.78, 5) is 22.1. The monoisotopic (exact) mass is 268 g/mol. The van der Waals surface area contributed by atoms with E-state index in [9.17, 15) is 9.59 Å². The molecule has 0 aliphatic carbocycles. The van der Waals surface area contributed by atoms with Gasteiger partial charge in [-0.05, 0) is 11.6 Å². The highest BCUT2D eigenvalue weighted by Crippen LogP contribution is 2.29. The molecule has 0 N–H and O–H groups in total. The Morgan fingerprint density at radius 1 is 1.39 bits per heavy atom. The minimum absolute atomic E-state index is 0.237. The number of hydrogen-bond donors (Lipinski definition) is 0. The average molecular weight is 269 g/mol. The zero-order chi connectivity index (χ0) is 13.7. The lowest BCUT2D eigenvalue weighted by Crippen LogP contribution is -2.07. The molecule has 1 aromatic carbocycles. The summed E-state index contributed by atoms with van der Waals surface area (Å²) in [6.07, 6.45) is 0.237. The molecule has 0 saturated heterocycles. The zero-order valence-electron chi connectivity index (χ0n) is 10.2. The van der Waals surface area contributed by atoms with Crippen LogP contribution in [0.4, 0.5) is 0 Å². The topological polar surface area (TPSA) is 52.6 Å². The summed E-state index contributed by atoms with van der Waals surface area (Å²) >= 11 is 6.07. The van der Waals surface area contributed by atoms with E-state index in [0.717, 1.165) is 0 Å². The normalized spacial score (nSPS) is 9.72. The first-order valence-corrected chi connectivity index (χ1v) is 5.55. The van der Waals surface area contributed by atoms with Crippen molar-refractivity contribution in [2.24, 2.45) is 0 Å². The van der Waals surface area contributed by atoms with Gasteiger partial charge in [-0.25, -0.2) is 4.79 Å². The second-order valence-corrected chi connectivity index (χ2v) is 3.97. The van der Waals surface area contributed by atoms with Crippen molar-refractivity contribution in [1.82, 2.24) is 0 Å². The molecule has 0 saturated carbocycles. The molecule has 18 heavy (non-hydrogen) atoms. The summed E-state index contributed by atoms with van der Waals surface area (Å²) in [7, 11) is 1.28. The molecular weight excluding hydrogens is 256 g/mol. The minimum atomic E-state index is -0.496. The van der Waals surface area contributed by atoms with Gasteiger partial charge in [0.05, 0.1) is 12.1 Å². The first kappa shape index (κ1) is 14.3. The number of halogens is 1. The first-order chi connectivity index (χ1) is 8.45. The van der Waals surface area contributed by atoms with E-state index in [4.69, 9.17) is 16.3 Å². The van der Waals surface area contributed by atoms with Crippen LogP contribution in [0, 0.1) is 0 Å². The molecule has 0 aliphatic rings. The van der Waals surface area contributed by atoms with Crippen molar-refractivity contribution >= 4 is 23.5 Å². The van der Waals surface area contributed by atoms with Crippen LogP contribution in [0.3, 0.4) is 0 Å². The Kier molecular flexibility index (Phi) is 4.92. The second-order valence-electron chi connectivity index (χ2n) is 3.59. The third kappa shape index (κ3) is 3.60.